The molecule has 1 aromatic rings. The highest BCUT2D eigenvalue weighted by molar-refractivity contribution is 5.85. The fraction of sp³-hybridized carbons (Fsp3) is 0.619. The molecule has 1 fully saturated rings. The molecule has 0 saturated carbocycles. The van der Waals surface area contributed by atoms with E-state index in [4.69, 9.17) is 9.47 Å². The number of hydrogen-bond acceptors (Lipinski definition) is 4. The molecule has 1 aliphatic rings. The van der Waals surface area contributed by atoms with Gasteiger partial charge in [-0.1, -0.05) is 12.1 Å². The molecule has 0 radical (unpaired) electrons. The number of aliphatic imine (C=N–C) groups is 1. The van der Waals surface area contributed by atoms with Gasteiger partial charge in [-0.2, -0.15) is 0 Å². The maximum Gasteiger partial charge on any atom is 0.243 e. The Morgan fingerprint density at radius 3 is 2.72 bits per heavy atom. The zero-order valence-electron chi connectivity index (χ0n) is 17.9. The van der Waals surface area contributed by atoms with Gasteiger partial charge in [0.2, 0.25) is 5.91 Å². The van der Waals surface area contributed by atoms with Crippen molar-refractivity contribution in [1.29, 1.82) is 0 Å². The standard InChI is InChI=1S/C21H33FN4O3/c1-5-28-12-6-11-23-21(24-13-20(27)25(3)4)26-14-16(2)29-19(15-26)17-7-9-18(22)10-8-17/h7-10,16,19H,5-6,11-15H2,1-4H3,(H,23,24). The van der Waals surface area contributed by atoms with Gasteiger partial charge in [-0.3, -0.25) is 4.79 Å². The van der Waals surface area contributed by atoms with E-state index < -0.39 is 0 Å². The predicted molar refractivity (Wildman–Crippen MR) is 111 cm³/mol. The summed E-state index contributed by atoms with van der Waals surface area (Å²) in [5, 5.41) is 3.35. The summed E-state index contributed by atoms with van der Waals surface area (Å²) >= 11 is 0. The lowest BCUT2D eigenvalue weighted by Gasteiger charge is -2.39. The normalized spacial score (nSPS) is 19.9. The minimum absolute atomic E-state index is 0.0289. The van der Waals surface area contributed by atoms with E-state index in [-0.39, 0.29) is 30.5 Å². The van der Waals surface area contributed by atoms with Crippen LogP contribution in [0.25, 0.3) is 0 Å². The highest BCUT2D eigenvalue weighted by Crippen LogP contribution is 2.25. The maximum absolute atomic E-state index is 13.3. The van der Waals surface area contributed by atoms with Crippen LogP contribution < -0.4 is 5.32 Å². The second-order valence-corrected chi connectivity index (χ2v) is 7.30. The van der Waals surface area contributed by atoms with Gasteiger partial charge in [-0.05, 0) is 38.0 Å². The Morgan fingerprint density at radius 2 is 2.07 bits per heavy atom. The molecule has 162 valence electrons. The molecule has 1 aliphatic heterocycles. The molecule has 2 rings (SSSR count). The first-order valence-corrected chi connectivity index (χ1v) is 10.1. The maximum atomic E-state index is 13.3. The van der Waals surface area contributed by atoms with Crippen LogP contribution in [0.1, 0.15) is 31.9 Å². The van der Waals surface area contributed by atoms with Crippen molar-refractivity contribution in [3.8, 4) is 0 Å². The molecule has 1 saturated heterocycles. The van der Waals surface area contributed by atoms with E-state index >= 15 is 0 Å². The van der Waals surface area contributed by atoms with Gasteiger partial charge in [0.25, 0.3) is 0 Å². The third-order valence-corrected chi connectivity index (χ3v) is 4.62. The van der Waals surface area contributed by atoms with Gasteiger partial charge in [0, 0.05) is 40.4 Å². The monoisotopic (exact) mass is 408 g/mol. The van der Waals surface area contributed by atoms with Gasteiger partial charge in [0.1, 0.15) is 18.5 Å². The highest BCUT2D eigenvalue weighted by Gasteiger charge is 2.28. The van der Waals surface area contributed by atoms with E-state index in [1.165, 1.54) is 17.0 Å². The van der Waals surface area contributed by atoms with Crippen molar-refractivity contribution < 1.29 is 18.7 Å². The lowest BCUT2D eigenvalue weighted by Crippen LogP contribution is -2.51. The van der Waals surface area contributed by atoms with Crippen molar-refractivity contribution in [2.75, 3.05) is 53.5 Å². The van der Waals surface area contributed by atoms with Crippen molar-refractivity contribution in [2.45, 2.75) is 32.5 Å². The minimum Gasteiger partial charge on any atom is -0.382 e. The summed E-state index contributed by atoms with van der Waals surface area (Å²) in [6, 6.07) is 6.38. The number of ether oxygens (including phenoxy) is 2. The smallest absolute Gasteiger partial charge is 0.243 e. The van der Waals surface area contributed by atoms with Gasteiger partial charge in [0.15, 0.2) is 5.96 Å². The Bertz CT molecular complexity index is 666. The van der Waals surface area contributed by atoms with E-state index in [1.807, 2.05) is 13.8 Å². The third kappa shape index (κ3) is 7.62. The first-order chi connectivity index (χ1) is 13.9. The Morgan fingerprint density at radius 1 is 1.34 bits per heavy atom. The summed E-state index contributed by atoms with van der Waals surface area (Å²) in [4.78, 5) is 20.2. The van der Waals surface area contributed by atoms with Crippen LogP contribution in [0, 0.1) is 5.82 Å². The lowest BCUT2D eigenvalue weighted by atomic mass is 10.1. The van der Waals surface area contributed by atoms with Crippen molar-refractivity contribution in [1.82, 2.24) is 15.1 Å². The van der Waals surface area contributed by atoms with E-state index in [9.17, 15) is 9.18 Å². The quantitative estimate of drug-likeness (QED) is 0.405. The second kappa shape index (κ2) is 11.7. The van der Waals surface area contributed by atoms with Gasteiger partial charge >= 0.3 is 0 Å². The highest BCUT2D eigenvalue weighted by atomic mass is 19.1. The van der Waals surface area contributed by atoms with Gasteiger partial charge in [-0.15, -0.1) is 0 Å². The van der Waals surface area contributed by atoms with Crippen LogP contribution in [0.5, 0.6) is 0 Å². The van der Waals surface area contributed by atoms with Crippen LogP contribution in [0.15, 0.2) is 29.3 Å². The number of carbonyl (C=O) groups excluding carboxylic acids is 1. The number of nitrogens with zero attached hydrogens (tertiary/aromatic N) is 3. The molecule has 1 amide bonds. The zero-order chi connectivity index (χ0) is 21.2. The van der Waals surface area contributed by atoms with Crippen molar-refractivity contribution in [2.24, 2.45) is 4.99 Å². The van der Waals surface area contributed by atoms with Crippen LogP contribution in [0.2, 0.25) is 0 Å². The zero-order valence-corrected chi connectivity index (χ0v) is 17.9. The number of halogens is 1. The Kier molecular flexibility index (Phi) is 9.34. The molecule has 29 heavy (non-hydrogen) atoms. The lowest BCUT2D eigenvalue weighted by molar-refractivity contribution is -0.127. The van der Waals surface area contributed by atoms with Crippen molar-refractivity contribution in [3.05, 3.63) is 35.6 Å². The van der Waals surface area contributed by atoms with Gasteiger partial charge in [-0.25, -0.2) is 9.38 Å². The number of nitrogens with one attached hydrogen (secondary N) is 1. The molecule has 0 spiro atoms. The van der Waals surface area contributed by atoms with Crippen LogP contribution in [-0.2, 0) is 14.3 Å². The SMILES string of the molecule is CCOCCCNC(=NCC(=O)N(C)C)N1CC(C)OC(c2ccc(F)cc2)C1. The molecular formula is C21H33FN4O3. The number of rotatable bonds is 8. The summed E-state index contributed by atoms with van der Waals surface area (Å²) < 4.78 is 24.7. The minimum atomic E-state index is -0.269. The van der Waals surface area contributed by atoms with Crippen molar-refractivity contribution >= 4 is 11.9 Å². The van der Waals surface area contributed by atoms with E-state index in [2.05, 4.69) is 15.2 Å². The topological polar surface area (TPSA) is 66.4 Å². The molecule has 2 atom stereocenters. The fourth-order valence-electron chi connectivity index (χ4n) is 3.06. The summed E-state index contributed by atoms with van der Waals surface area (Å²) in [5.41, 5.74) is 0.919. The summed E-state index contributed by atoms with van der Waals surface area (Å²) in [7, 11) is 3.43. The van der Waals surface area contributed by atoms with Gasteiger partial charge in [0.05, 0.1) is 12.6 Å². The number of amides is 1. The molecule has 8 heteroatoms. The Hall–Kier alpha value is -2.19. The molecular weight excluding hydrogens is 375 g/mol. The Labute approximate surface area is 172 Å². The predicted octanol–water partition coefficient (Wildman–Crippen LogP) is 2.05. The first kappa shape index (κ1) is 23.1. The molecule has 2 unspecified atom stereocenters. The molecule has 0 aromatic heterocycles. The molecule has 1 aromatic carbocycles. The average Bonchev–Trinajstić information content (AvgIpc) is 2.69. The van der Waals surface area contributed by atoms with Crippen molar-refractivity contribution in [3.63, 3.8) is 0 Å². The molecule has 1 heterocycles. The van der Waals surface area contributed by atoms with Crippen LogP contribution >= 0.6 is 0 Å². The Balaban J connectivity index is 2.10. The number of guanidine groups is 1. The molecule has 1 N–H and O–H groups in total. The number of hydrogen-bond donors (Lipinski definition) is 1. The summed E-state index contributed by atoms with van der Waals surface area (Å²) in [6.45, 7) is 7.34. The molecule has 0 bridgehead atoms. The number of carbonyl (C=O) groups is 1. The fourth-order valence-corrected chi connectivity index (χ4v) is 3.06. The summed E-state index contributed by atoms with van der Waals surface area (Å²) in [5.74, 6) is 0.351. The number of benzene rings is 1. The van der Waals surface area contributed by atoms with Crippen LogP contribution in [-0.4, -0.2) is 81.3 Å². The largest absolute Gasteiger partial charge is 0.382 e. The van der Waals surface area contributed by atoms with E-state index in [1.54, 1.807) is 26.2 Å². The number of likely N-dealkylation sites (N-methyl/N-ethyl adjacent to an activating group) is 1. The van der Waals surface area contributed by atoms with Gasteiger partial charge < -0.3 is 24.6 Å². The van der Waals surface area contributed by atoms with Crippen LogP contribution in [0.3, 0.4) is 0 Å². The second-order valence-electron chi connectivity index (χ2n) is 7.30. The average molecular weight is 409 g/mol. The number of morpholine rings is 1. The third-order valence-electron chi connectivity index (χ3n) is 4.62. The first-order valence-electron chi connectivity index (χ1n) is 10.1. The van der Waals surface area contributed by atoms with Crippen LogP contribution in [0.4, 0.5) is 4.39 Å². The summed E-state index contributed by atoms with van der Waals surface area (Å²) in [6.07, 6.45) is 0.619. The molecule has 7 nitrogen and oxygen atoms in total. The molecule has 0 aliphatic carbocycles. The van der Waals surface area contributed by atoms with E-state index in [0.29, 0.717) is 38.8 Å². The van der Waals surface area contributed by atoms with E-state index in [0.717, 1.165) is 12.0 Å².